The summed E-state index contributed by atoms with van der Waals surface area (Å²) in [6.45, 7) is 4.87. The van der Waals surface area contributed by atoms with Crippen LogP contribution in [0.2, 0.25) is 0 Å². The molecule has 3 aromatic carbocycles. The van der Waals surface area contributed by atoms with Crippen molar-refractivity contribution in [2.45, 2.75) is 19.9 Å². The fraction of sp³-hybridized carbons (Fsp3) is 0.214. The molecule has 182 valence electrons. The standard InChI is InChI=1S/C28H28N6O2/c1-20-8-6-7-11-25(20)32-27(30-19-29)33-16-17-34(26(18-33)23-9-4-3-5-10-23)28(36)31-24-14-12-22(13-15-24)21(2)35/h3-15,26H,16-18H2,1-2H3,(H,30,32)(H,31,36). The topological polar surface area (TPSA) is 101 Å². The van der Waals surface area contributed by atoms with Gasteiger partial charge in [-0.25, -0.2) is 9.79 Å². The normalized spacial score (nSPS) is 15.7. The molecule has 8 nitrogen and oxygen atoms in total. The van der Waals surface area contributed by atoms with Crippen molar-refractivity contribution < 1.29 is 9.59 Å². The van der Waals surface area contributed by atoms with Crippen LogP contribution in [0.1, 0.15) is 34.5 Å². The van der Waals surface area contributed by atoms with E-state index in [2.05, 4.69) is 10.6 Å². The molecule has 1 fully saturated rings. The van der Waals surface area contributed by atoms with Gasteiger partial charge >= 0.3 is 6.03 Å². The van der Waals surface area contributed by atoms with Crippen LogP contribution in [0.4, 0.5) is 16.2 Å². The third-order valence-corrected chi connectivity index (χ3v) is 6.18. The molecule has 0 bridgehead atoms. The number of aryl methyl sites for hydroxylation is 1. The highest BCUT2D eigenvalue weighted by molar-refractivity contribution is 5.95. The van der Waals surface area contributed by atoms with Crippen LogP contribution in [0.25, 0.3) is 0 Å². The predicted octanol–water partition coefficient (Wildman–Crippen LogP) is 4.85. The second-order valence-corrected chi connectivity index (χ2v) is 8.59. The molecule has 2 N–H and O–H groups in total. The number of Topliss-reactive ketones (excluding diaryl/α,β-unsaturated/α-hetero) is 1. The summed E-state index contributed by atoms with van der Waals surface area (Å²) in [4.78, 5) is 33.4. The number of para-hydroxylation sites is 1. The first-order valence-electron chi connectivity index (χ1n) is 11.7. The monoisotopic (exact) mass is 480 g/mol. The highest BCUT2D eigenvalue weighted by Crippen LogP contribution is 2.27. The van der Waals surface area contributed by atoms with Crippen LogP contribution >= 0.6 is 0 Å². The van der Waals surface area contributed by atoms with E-state index in [1.54, 1.807) is 29.2 Å². The molecule has 2 amide bonds. The molecular formula is C28H28N6O2. The number of carbonyl (C=O) groups excluding carboxylic acids is 2. The molecule has 4 rings (SSSR count). The van der Waals surface area contributed by atoms with Crippen LogP contribution in [-0.4, -0.2) is 47.2 Å². The summed E-state index contributed by atoms with van der Waals surface area (Å²) in [5, 5.41) is 15.1. The van der Waals surface area contributed by atoms with Gasteiger partial charge in [-0.3, -0.25) is 10.1 Å². The molecule has 3 aromatic rings. The van der Waals surface area contributed by atoms with Crippen LogP contribution in [0.3, 0.4) is 0 Å². The Morgan fingerprint density at radius 3 is 2.33 bits per heavy atom. The molecule has 1 atom stereocenters. The first kappa shape index (κ1) is 24.5. The Hall–Kier alpha value is -4.64. The molecule has 0 radical (unpaired) electrons. The van der Waals surface area contributed by atoms with Gasteiger partial charge in [0, 0.05) is 30.9 Å². The Kier molecular flexibility index (Phi) is 7.61. The summed E-state index contributed by atoms with van der Waals surface area (Å²) in [6, 6.07) is 23.9. The molecule has 0 saturated carbocycles. The van der Waals surface area contributed by atoms with Gasteiger partial charge in [-0.15, -0.1) is 0 Å². The van der Waals surface area contributed by atoms with E-state index < -0.39 is 0 Å². The zero-order valence-electron chi connectivity index (χ0n) is 20.3. The van der Waals surface area contributed by atoms with Crippen LogP contribution in [-0.2, 0) is 0 Å². The smallest absolute Gasteiger partial charge is 0.322 e. The number of rotatable bonds is 4. The largest absolute Gasteiger partial charge is 0.338 e. The molecule has 0 aromatic heterocycles. The summed E-state index contributed by atoms with van der Waals surface area (Å²) >= 11 is 0. The summed E-state index contributed by atoms with van der Waals surface area (Å²) in [5.74, 6) is 0.426. The van der Waals surface area contributed by atoms with Crippen molar-refractivity contribution in [3.63, 3.8) is 0 Å². The molecule has 1 aliphatic rings. The quantitative estimate of drug-likeness (QED) is 0.183. The van der Waals surface area contributed by atoms with E-state index in [0.29, 0.717) is 36.8 Å². The maximum Gasteiger partial charge on any atom is 0.322 e. The number of nitrogens with one attached hydrogen (secondary N) is 2. The highest BCUT2D eigenvalue weighted by Gasteiger charge is 2.33. The second-order valence-electron chi connectivity index (χ2n) is 8.59. The lowest BCUT2D eigenvalue weighted by molar-refractivity contribution is 0.101. The van der Waals surface area contributed by atoms with Gasteiger partial charge in [-0.2, -0.15) is 5.26 Å². The highest BCUT2D eigenvalue weighted by atomic mass is 16.2. The number of nitriles is 1. The van der Waals surface area contributed by atoms with Gasteiger partial charge in [0.25, 0.3) is 0 Å². The number of nitrogens with zero attached hydrogens (tertiary/aromatic N) is 4. The van der Waals surface area contributed by atoms with E-state index in [9.17, 15) is 14.9 Å². The third-order valence-electron chi connectivity index (χ3n) is 6.18. The van der Waals surface area contributed by atoms with Gasteiger partial charge in [0.05, 0.1) is 11.7 Å². The minimum Gasteiger partial charge on any atom is -0.338 e. The molecule has 0 spiro atoms. The van der Waals surface area contributed by atoms with E-state index in [1.165, 1.54) is 6.92 Å². The van der Waals surface area contributed by atoms with Crippen molar-refractivity contribution in [1.82, 2.24) is 15.1 Å². The van der Waals surface area contributed by atoms with E-state index in [4.69, 9.17) is 4.99 Å². The molecule has 36 heavy (non-hydrogen) atoms. The first-order valence-corrected chi connectivity index (χ1v) is 11.7. The van der Waals surface area contributed by atoms with Crippen molar-refractivity contribution in [2.24, 2.45) is 4.99 Å². The van der Waals surface area contributed by atoms with Crippen molar-refractivity contribution >= 4 is 29.1 Å². The first-order chi connectivity index (χ1) is 17.5. The maximum atomic E-state index is 13.3. The Morgan fingerprint density at radius 1 is 0.972 bits per heavy atom. The summed E-state index contributed by atoms with van der Waals surface area (Å²) in [5.41, 5.74) is 3.97. The average Bonchev–Trinajstić information content (AvgIpc) is 2.90. The number of hydrogen-bond acceptors (Lipinski definition) is 4. The number of aliphatic imine (C=N–C) groups is 1. The minimum absolute atomic E-state index is 0.0257. The van der Waals surface area contributed by atoms with Gasteiger partial charge in [0.1, 0.15) is 0 Å². The fourth-order valence-corrected chi connectivity index (χ4v) is 4.19. The Labute approximate surface area is 210 Å². The lowest BCUT2D eigenvalue weighted by Gasteiger charge is -2.42. The Balaban J connectivity index is 1.59. The van der Waals surface area contributed by atoms with Crippen molar-refractivity contribution in [1.29, 1.82) is 5.26 Å². The SMILES string of the molecule is CC(=O)c1ccc(NC(=O)N2CCN(C(=Nc3ccccc3C)NC#N)CC2c2ccccc2)cc1. The van der Waals surface area contributed by atoms with Gasteiger partial charge in [-0.05, 0) is 55.3 Å². The van der Waals surface area contributed by atoms with Gasteiger partial charge in [-0.1, -0.05) is 48.5 Å². The van der Waals surface area contributed by atoms with E-state index >= 15 is 0 Å². The van der Waals surface area contributed by atoms with Crippen molar-refractivity contribution in [3.05, 3.63) is 95.6 Å². The number of ketones is 1. The van der Waals surface area contributed by atoms with Crippen LogP contribution in [0.15, 0.2) is 83.9 Å². The van der Waals surface area contributed by atoms with Crippen LogP contribution in [0.5, 0.6) is 0 Å². The number of piperazine rings is 1. The average molecular weight is 481 g/mol. The van der Waals surface area contributed by atoms with Crippen LogP contribution < -0.4 is 10.6 Å². The number of carbonyl (C=O) groups is 2. The minimum atomic E-state index is -0.265. The third kappa shape index (κ3) is 5.70. The predicted molar refractivity (Wildman–Crippen MR) is 140 cm³/mol. The Bertz CT molecular complexity index is 1300. The lowest BCUT2D eigenvalue weighted by atomic mass is 10.0. The molecule has 0 aliphatic carbocycles. The number of anilines is 1. The summed E-state index contributed by atoms with van der Waals surface area (Å²) in [7, 11) is 0. The molecule has 1 heterocycles. The molecular weight excluding hydrogens is 452 g/mol. The number of amides is 2. The summed E-state index contributed by atoms with van der Waals surface area (Å²) < 4.78 is 0. The van der Waals surface area contributed by atoms with E-state index in [-0.39, 0.29) is 17.9 Å². The van der Waals surface area contributed by atoms with Gasteiger partial charge < -0.3 is 15.1 Å². The Morgan fingerprint density at radius 2 is 1.67 bits per heavy atom. The molecule has 1 aliphatic heterocycles. The number of urea groups is 1. The van der Waals surface area contributed by atoms with E-state index in [0.717, 1.165) is 16.8 Å². The molecule has 1 unspecified atom stereocenters. The number of benzene rings is 3. The van der Waals surface area contributed by atoms with E-state index in [1.807, 2.05) is 72.6 Å². The molecule has 1 saturated heterocycles. The maximum absolute atomic E-state index is 13.3. The number of hydrogen-bond donors (Lipinski definition) is 2. The molecule has 8 heteroatoms. The second kappa shape index (κ2) is 11.2. The van der Waals surface area contributed by atoms with Crippen molar-refractivity contribution in [3.8, 4) is 6.19 Å². The fourth-order valence-electron chi connectivity index (χ4n) is 4.19. The zero-order chi connectivity index (χ0) is 25.5. The van der Waals surface area contributed by atoms with Crippen molar-refractivity contribution in [2.75, 3.05) is 25.0 Å². The van der Waals surface area contributed by atoms with Crippen LogP contribution in [0, 0.1) is 18.4 Å². The van der Waals surface area contributed by atoms with Gasteiger partial charge in [0.2, 0.25) is 5.96 Å². The lowest BCUT2D eigenvalue weighted by Crippen LogP contribution is -2.55. The number of guanidine groups is 1. The zero-order valence-corrected chi connectivity index (χ0v) is 20.3. The summed E-state index contributed by atoms with van der Waals surface area (Å²) in [6.07, 6.45) is 2.00. The van der Waals surface area contributed by atoms with Gasteiger partial charge in [0.15, 0.2) is 12.0 Å².